The zero-order valence-electron chi connectivity index (χ0n) is 14.6. The van der Waals surface area contributed by atoms with E-state index < -0.39 is 0 Å². The molecule has 0 spiro atoms. The molecule has 1 aliphatic rings. The Bertz CT molecular complexity index is 701. The van der Waals surface area contributed by atoms with E-state index in [1.165, 1.54) is 11.1 Å². The highest BCUT2D eigenvalue weighted by Crippen LogP contribution is 2.31. The first-order valence-electron chi connectivity index (χ1n) is 8.12. The van der Waals surface area contributed by atoms with Gasteiger partial charge < -0.3 is 14.2 Å². The summed E-state index contributed by atoms with van der Waals surface area (Å²) in [5.74, 6) is 2.57. The average molecular weight is 362 g/mol. The van der Waals surface area contributed by atoms with Gasteiger partial charge in [-0.1, -0.05) is 30.4 Å². The van der Waals surface area contributed by atoms with E-state index in [1.54, 1.807) is 7.11 Å². The summed E-state index contributed by atoms with van der Waals surface area (Å²) in [6.07, 6.45) is 4.29. The van der Waals surface area contributed by atoms with Crippen molar-refractivity contribution in [2.75, 3.05) is 33.9 Å². The summed E-state index contributed by atoms with van der Waals surface area (Å²) in [7, 11) is 3.78. The number of methoxy groups -OCH3 is 1. The minimum Gasteiger partial charge on any atom is -0.497 e. The molecule has 1 heterocycles. The average Bonchev–Trinajstić information content (AvgIpc) is 2.62. The molecule has 0 radical (unpaired) electrons. The van der Waals surface area contributed by atoms with Gasteiger partial charge in [0.2, 0.25) is 0 Å². The summed E-state index contributed by atoms with van der Waals surface area (Å²) in [5, 5.41) is 0. The number of likely N-dealkylation sites (N-methyl/N-ethyl adjacent to an activating group) is 1. The van der Waals surface area contributed by atoms with E-state index >= 15 is 0 Å². The van der Waals surface area contributed by atoms with Crippen molar-refractivity contribution >= 4 is 18.5 Å². The molecule has 0 N–H and O–H groups in total. The van der Waals surface area contributed by atoms with Gasteiger partial charge in [-0.05, 0) is 42.4 Å². The van der Waals surface area contributed by atoms with Crippen LogP contribution in [0.2, 0.25) is 0 Å². The smallest absolute Gasteiger partial charge is 0.161 e. The van der Waals surface area contributed by atoms with Crippen LogP contribution in [-0.2, 0) is 6.54 Å². The topological polar surface area (TPSA) is 30.9 Å². The fraction of sp³-hybridized carbons (Fsp3) is 0.300. The van der Waals surface area contributed by atoms with Crippen LogP contribution in [0, 0.1) is 0 Å². The van der Waals surface area contributed by atoms with Gasteiger partial charge in [0.15, 0.2) is 11.5 Å². The van der Waals surface area contributed by atoms with Gasteiger partial charge in [-0.3, -0.25) is 4.90 Å². The Kier molecular flexibility index (Phi) is 7.16. The van der Waals surface area contributed by atoms with E-state index in [-0.39, 0.29) is 12.4 Å². The summed E-state index contributed by atoms with van der Waals surface area (Å²) >= 11 is 0. The molecule has 0 saturated carbocycles. The Balaban J connectivity index is 0.00000225. The third kappa shape index (κ3) is 5.41. The van der Waals surface area contributed by atoms with Crippen molar-refractivity contribution in [2.45, 2.75) is 6.54 Å². The lowest BCUT2D eigenvalue weighted by Crippen LogP contribution is -2.19. The van der Waals surface area contributed by atoms with Crippen molar-refractivity contribution in [2.24, 2.45) is 0 Å². The number of ether oxygens (including phenoxy) is 3. The standard InChI is InChI=1S/C20H23NO3.ClH/c1-21(11-3-4-16-5-8-18(22-2)9-6-16)15-17-7-10-19-20(14-17)24-13-12-23-19;/h3-10,14H,11-13,15H2,1-2H3;1H/b4-3+;. The Hall–Kier alpha value is -2.17. The molecule has 3 rings (SSSR count). The Morgan fingerprint density at radius 1 is 1.04 bits per heavy atom. The van der Waals surface area contributed by atoms with Crippen LogP contribution in [0.25, 0.3) is 6.08 Å². The van der Waals surface area contributed by atoms with E-state index in [4.69, 9.17) is 14.2 Å². The monoisotopic (exact) mass is 361 g/mol. The molecule has 4 nitrogen and oxygen atoms in total. The zero-order chi connectivity index (χ0) is 16.8. The molecule has 2 aromatic carbocycles. The van der Waals surface area contributed by atoms with Crippen LogP contribution in [0.5, 0.6) is 17.2 Å². The van der Waals surface area contributed by atoms with Gasteiger partial charge in [-0.2, -0.15) is 0 Å². The van der Waals surface area contributed by atoms with Crippen molar-refractivity contribution in [1.29, 1.82) is 0 Å². The van der Waals surface area contributed by atoms with E-state index in [0.29, 0.717) is 13.2 Å². The van der Waals surface area contributed by atoms with Gasteiger partial charge in [0.1, 0.15) is 19.0 Å². The van der Waals surface area contributed by atoms with Gasteiger partial charge in [-0.25, -0.2) is 0 Å². The molecular weight excluding hydrogens is 338 g/mol. The molecule has 0 aliphatic carbocycles. The van der Waals surface area contributed by atoms with Crippen molar-refractivity contribution in [3.8, 4) is 17.2 Å². The molecule has 1 aliphatic heterocycles. The lowest BCUT2D eigenvalue weighted by Gasteiger charge is -2.20. The zero-order valence-corrected chi connectivity index (χ0v) is 15.4. The van der Waals surface area contributed by atoms with E-state index in [2.05, 4.69) is 48.4 Å². The first-order valence-corrected chi connectivity index (χ1v) is 8.12. The lowest BCUT2D eigenvalue weighted by atomic mass is 10.1. The highest BCUT2D eigenvalue weighted by Gasteiger charge is 2.12. The predicted octanol–water partition coefficient (Wildman–Crippen LogP) is 4.03. The number of nitrogens with zero attached hydrogens (tertiary/aromatic N) is 1. The highest BCUT2D eigenvalue weighted by molar-refractivity contribution is 5.85. The number of fused-ring (bicyclic) bond motifs is 1. The van der Waals surface area contributed by atoms with Crippen molar-refractivity contribution in [1.82, 2.24) is 4.90 Å². The van der Waals surface area contributed by atoms with Crippen LogP contribution in [-0.4, -0.2) is 38.8 Å². The predicted molar refractivity (Wildman–Crippen MR) is 103 cm³/mol. The van der Waals surface area contributed by atoms with Crippen molar-refractivity contribution in [3.05, 3.63) is 59.7 Å². The quantitative estimate of drug-likeness (QED) is 0.777. The molecule has 134 valence electrons. The molecular formula is C20H24ClNO3. The molecule has 25 heavy (non-hydrogen) atoms. The van der Waals surface area contributed by atoms with Gasteiger partial charge in [-0.15, -0.1) is 12.4 Å². The SMILES string of the molecule is COc1ccc(/C=C/CN(C)Cc2ccc3c(c2)OCCO3)cc1.Cl. The van der Waals surface area contributed by atoms with Crippen LogP contribution in [0.15, 0.2) is 48.5 Å². The Morgan fingerprint density at radius 2 is 1.76 bits per heavy atom. The van der Waals surface area contributed by atoms with E-state index in [1.807, 2.05) is 18.2 Å². The molecule has 0 unspecified atom stereocenters. The van der Waals surface area contributed by atoms with Crippen LogP contribution in [0.3, 0.4) is 0 Å². The van der Waals surface area contributed by atoms with Gasteiger partial charge >= 0.3 is 0 Å². The number of rotatable bonds is 6. The number of halogens is 1. The molecule has 0 fully saturated rings. The summed E-state index contributed by atoms with van der Waals surface area (Å²) < 4.78 is 16.4. The maximum atomic E-state index is 5.64. The summed E-state index contributed by atoms with van der Waals surface area (Å²) in [5.41, 5.74) is 2.39. The second kappa shape index (κ2) is 9.35. The minimum absolute atomic E-state index is 0. The molecule has 2 aromatic rings. The number of hydrogen-bond donors (Lipinski definition) is 0. The van der Waals surface area contributed by atoms with E-state index in [9.17, 15) is 0 Å². The van der Waals surface area contributed by atoms with Crippen molar-refractivity contribution < 1.29 is 14.2 Å². The normalized spacial score (nSPS) is 12.9. The first kappa shape index (κ1) is 19.2. The fourth-order valence-electron chi connectivity index (χ4n) is 2.65. The lowest BCUT2D eigenvalue weighted by molar-refractivity contribution is 0.171. The third-order valence-electron chi connectivity index (χ3n) is 3.90. The minimum atomic E-state index is 0. The summed E-state index contributed by atoms with van der Waals surface area (Å²) in [6.45, 7) is 2.99. The first-order chi connectivity index (χ1) is 11.7. The second-order valence-electron chi connectivity index (χ2n) is 5.85. The van der Waals surface area contributed by atoms with Crippen LogP contribution >= 0.6 is 12.4 Å². The Labute approximate surface area is 155 Å². The summed E-state index contributed by atoms with van der Waals surface area (Å²) in [6, 6.07) is 14.2. The third-order valence-corrected chi connectivity index (χ3v) is 3.90. The maximum Gasteiger partial charge on any atom is 0.161 e. The van der Waals surface area contributed by atoms with Crippen LogP contribution in [0.4, 0.5) is 0 Å². The number of benzene rings is 2. The molecule has 0 aromatic heterocycles. The van der Waals surface area contributed by atoms with Gasteiger partial charge in [0, 0.05) is 13.1 Å². The molecule has 0 saturated heterocycles. The fourth-order valence-corrected chi connectivity index (χ4v) is 2.65. The molecule has 0 bridgehead atoms. The maximum absolute atomic E-state index is 5.64. The second-order valence-corrected chi connectivity index (χ2v) is 5.85. The largest absolute Gasteiger partial charge is 0.497 e. The van der Waals surface area contributed by atoms with Crippen molar-refractivity contribution in [3.63, 3.8) is 0 Å². The molecule has 5 heteroatoms. The molecule has 0 atom stereocenters. The Morgan fingerprint density at radius 3 is 2.48 bits per heavy atom. The highest BCUT2D eigenvalue weighted by atomic mass is 35.5. The van der Waals surface area contributed by atoms with E-state index in [0.717, 1.165) is 30.3 Å². The van der Waals surface area contributed by atoms with Crippen LogP contribution in [0.1, 0.15) is 11.1 Å². The molecule has 0 amide bonds. The summed E-state index contributed by atoms with van der Waals surface area (Å²) in [4.78, 5) is 2.26. The number of hydrogen-bond acceptors (Lipinski definition) is 4. The van der Waals surface area contributed by atoms with Gasteiger partial charge in [0.25, 0.3) is 0 Å². The van der Waals surface area contributed by atoms with Gasteiger partial charge in [0.05, 0.1) is 7.11 Å². The van der Waals surface area contributed by atoms with Crippen LogP contribution < -0.4 is 14.2 Å².